The molecule has 0 saturated carbocycles. The number of ether oxygens (including phenoxy) is 1. The van der Waals surface area contributed by atoms with Gasteiger partial charge >= 0.3 is 0 Å². The van der Waals surface area contributed by atoms with Crippen LogP contribution in [0.4, 0.5) is 5.69 Å². The highest BCUT2D eigenvalue weighted by Crippen LogP contribution is 2.28. The van der Waals surface area contributed by atoms with E-state index in [2.05, 4.69) is 11.4 Å². The number of rotatable bonds is 8. The van der Waals surface area contributed by atoms with Crippen LogP contribution in [0.5, 0.6) is 5.75 Å². The van der Waals surface area contributed by atoms with Gasteiger partial charge in [0.25, 0.3) is 11.8 Å². The number of carbonyl (C=O) groups excluding carboxylic acids is 2. The first-order valence-corrected chi connectivity index (χ1v) is 16.0. The van der Waals surface area contributed by atoms with Crippen molar-refractivity contribution in [3.63, 3.8) is 0 Å². The van der Waals surface area contributed by atoms with Gasteiger partial charge in [-0.2, -0.15) is 5.10 Å². The Morgan fingerprint density at radius 1 is 0.804 bits per heavy atom. The van der Waals surface area contributed by atoms with Crippen LogP contribution in [-0.2, 0) is 6.54 Å². The standard InChI is InChI=1S/C36H32N6O3S/c1-45-27-15-13-26(14-16-27)33-22-32(38-34-23-31(39-42(33)34)25-8-3-2-4-9-25)36(44)41-19-17-40(18-20-41)35(43)29-11-5-6-12-30(29)37-24-28-10-7-21-46-28/h2-16,21-23,37H,17-20,24H2,1H3. The molecule has 1 saturated heterocycles. The van der Waals surface area contributed by atoms with Crippen LogP contribution in [0.1, 0.15) is 25.7 Å². The molecule has 10 heteroatoms. The number of fused-ring (bicyclic) bond motifs is 1. The number of hydrogen-bond donors (Lipinski definition) is 1. The second-order valence-corrected chi connectivity index (χ2v) is 12.0. The Labute approximate surface area is 270 Å². The lowest BCUT2D eigenvalue weighted by atomic mass is 10.1. The minimum Gasteiger partial charge on any atom is -0.497 e. The van der Waals surface area contributed by atoms with E-state index in [1.807, 2.05) is 101 Å². The molecule has 2 amide bonds. The van der Waals surface area contributed by atoms with Gasteiger partial charge in [0.2, 0.25) is 0 Å². The van der Waals surface area contributed by atoms with Crippen LogP contribution in [0.2, 0.25) is 0 Å². The molecule has 46 heavy (non-hydrogen) atoms. The second kappa shape index (κ2) is 12.9. The molecule has 0 spiro atoms. The maximum Gasteiger partial charge on any atom is 0.272 e. The minimum absolute atomic E-state index is 0.0459. The van der Waals surface area contributed by atoms with Gasteiger partial charge in [-0.25, -0.2) is 9.50 Å². The Hall–Kier alpha value is -5.48. The molecule has 9 nitrogen and oxygen atoms in total. The molecular weight excluding hydrogens is 597 g/mol. The topological polar surface area (TPSA) is 92.1 Å². The minimum atomic E-state index is -0.176. The zero-order valence-electron chi connectivity index (χ0n) is 25.3. The van der Waals surface area contributed by atoms with Gasteiger partial charge in [0.15, 0.2) is 5.65 Å². The molecule has 4 heterocycles. The molecule has 3 aromatic carbocycles. The van der Waals surface area contributed by atoms with Crippen molar-refractivity contribution in [2.24, 2.45) is 0 Å². The maximum absolute atomic E-state index is 13.9. The highest BCUT2D eigenvalue weighted by molar-refractivity contribution is 7.09. The molecule has 3 aromatic heterocycles. The van der Waals surface area contributed by atoms with E-state index in [0.717, 1.165) is 34.0 Å². The van der Waals surface area contributed by atoms with Crippen LogP contribution in [0.25, 0.3) is 28.2 Å². The Morgan fingerprint density at radius 3 is 2.24 bits per heavy atom. The molecule has 6 aromatic rings. The Kier molecular flexibility index (Phi) is 8.18. The van der Waals surface area contributed by atoms with Gasteiger partial charge in [0.05, 0.1) is 24.1 Å². The van der Waals surface area contributed by atoms with E-state index in [1.165, 1.54) is 4.88 Å². The van der Waals surface area contributed by atoms with Gasteiger partial charge in [0, 0.05) is 60.5 Å². The molecule has 0 radical (unpaired) electrons. The predicted molar refractivity (Wildman–Crippen MR) is 180 cm³/mol. The highest BCUT2D eigenvalue weighted by atomic mass is 32.1. The van der Waals surface area contributed by atoms with E-state index >= 15 is 0 Å². The van der Waals surface area contributed by atoms with Gasteiger partial charge in [0.1, 0.15) is 11.4 Å². The van der Waals surface area contributed by atoms with E-state index in [-0.39, 0.29) is 11.8 Å². The lowest BCUT2D eigenvalue weighted by Gasteiger charge is -2.35. The molecule has 7 rings (SSSR count). The van der Waals surface area contributed by atoms with Crippen molar-refractivity contribution in [1.82, 2.24) is 24.4 Å². The van der Waals surface area contributed by atoms with E-state index in [0.29, 0.717) is 49.6 Å². The van der Waals surface area contributed by atoms with Crippen LogP contribution < -0.4 is 10.1 Å². The first-order chi connectivity index (χ1) is 22.6. The molecule has 230 valence electrons. The summed E-state index contributed by atoms with van der Waals surface area (Å²) < 4.78 is 7.14. The number of para-hydroxylation sites is 1. The van der Waals surface area contributed by atoms with Crippen LogP contribution >= 0.6 is 11.3 Å². The first-order valence-electron chi connectivity index (χ1n) is 15.1. The first kappa shape index (κ1) is 29.2. The van der Waals surface area contributed by atoms with Crippen LogP contribution in [0.3, 0.4) is 0 Å². The van der Waals surface area contributed by atoms with Crippen molar-refractivity contribution in [3.05, 3.63) is 125 Å². The summed E-state index contributed by atoms with van der Waals surface area (Å²) >= 11 is 1.68. The van der Waals surface area contributed by atoms with Crippen molar-refractivity contribution in [2.75, 3.05) is 38.6 Å². The monoisotopic (exact) mass is 628 g/mol. The maximum atomic E-state index is 13.9. The highest BCUT2D eigenvalue weighted by Gasteiger charge is 2.28. The van der Waals surface area contributed by atoms with Gasteiger partial charge in [-0.15, -0.1) is 11.3 Å². The summed E-state index contributed by atoms with van der Waals surface area (Å²) in [6, 6.07) is 33.0. The van der Waals surface area contributed by atoms with E-state index in [1.54, 1.807) is 33.9 Å². The Balaban J connectivity index is 1.11. The molecule has 0 aliphatic carbocycles. The van der Waals surface area contributed by atoms with Crippen molar-refractivity contribution < 1.29 is 14.3 Å². The van der Waals surface area contributed by atoms with Crippen molar-refractivity contribution in [3.8, 4) is 28.3 Å². The van der Waals surface area contributed by atoms with E-state index in [4.69, 9.17) is 14.8 Å². The Bertz CT molecular complexity index is 1980. The van der Waals surface area contributed by atoms with E-state index in [9.17, 15) is 9.59 Å². The van der Waals surface area contributed by atoms with Crippen LogP contribution in [0, 0.1) is 0 Å². The number of nitrogens with zero attached hydrogens (tertiary/aromatic N) is 5. The number of hydrogen-bond acceptors (Lipinski definition) is 7. The lowest BCUT2D eigenvalue weighted by Crippen LogP contribution is -2.50. The van der Waals surface area contributed by atoms with Crippen LogP contribution in [-0.4, -0.2) is 69.5 Å². The summed E-state index contributed by atoms with van der Waals surface area (Å²) in [5.41, 5.74) is 5.71. The van der Waals surface area contributed by atoms with Gasteiger partial charge in [-0.05, 0) is 53.9 Å². The van der Waals surface area contributed by atoms with Gasteiger partial charge in [-0.3, -0.25) is 9.59 Å². The number of carbonyl (C=O) groups is 2. The summed E-state index contributed by atoms with van der Waals surface area (Å²) in [6.45, 7) is 2.35. The van der Waals surface area contributed by atoms with Crippen LogP contribution in [0.15, 0.2) is 109 Å². The summed E-state index contributed by atoms with van der Waals surface area (Å²) in [5, 5.41) is 10.3. The average molecular weight is 629 g/mol. The summed E-state index contributed by atoms with van der Waals surface area (Å²) in [4.78, 5) is 37.1. The summed E-state index contributed by atoms with van der Waals surface area (Å²) in [5.74, 6) is 0.518. The number of aromatic nitrogens is 3. The fourth-order valence-electron chi connectivity index (χ4n) is 5.67. The van der Waals surface area contributed by atoms with Crippen molar-refractivity contribution in [1.29, 1.82) is 0 Å². The average Bonchev–Trinajstić information content (AvgIpc) is 3.81. The SMILES string of the molecule is COc1ccc(-c2cc(C(=O)N3CCN(C(=O)c4ccccc4NCc4cccs4)CC3)nc3cc(-c4ccccc4)nn23)cc1. The zero-order valence-corrected chi connectivity index (χ0v) is 26.1. The number of methoxy groups -OCH3 is 1. The third-order valence-corrected chi connectivity index (χ3v) is 9.02. The molecule has 0 unspecified atom stereocenters. The lowest BCUT2D eigenvalue weighted by molar-refractivity contribution is 0.0533. The normalized spacial score (nSPS) is 13.2. The summed E-state index contributed by atoms with van der Waals surface area (Å²) in [6.07, 6.45) is 0. The zero-order chi connectivity index (χ0) is 31.5. The molecule has 0 atom stereocenters. The number of anilines is 1. The number of nitrogens with one attached hydrogen (secondary N) is 1. The number of benzene rings is 3. The van der Waals surface area contributed by atoms with E-state index < -0.39 is 0 Å². The summed E-state index contributed by atoms with van der Waals surface area (Å²) in [7, 11) is 1.63. The predicted octanol–water partition coefficient (Wildman–Crippen LogP) is 6.34. The number of piperazine rings is 1. The van der Waals surface area contributed by atoms with Crippen molar-refractivity contribution in [2.45, 2.75) is 6.54 Å². The molecule has 1 N–H and O–H groups in total. The smallest absolute Gasteiger partial charge is 0.272 e. The number of thiophene rings is 1. The molecule has 0 bridgehead atoms. The van der Waals surface area contributed by atoms with Gasteiger partial charge < -0.3 is 19.9 Å². The third-order valence-electron chi connectivity index (χ3n) is 8.15. The van der Waals surface area contributed by atoms with Crippen molar-refractivity contribution >= 4 is 34.5 Å². The Morgan fingerprint density at radius 2 is 1.52 bits per heavy atom. The molecular formula is C36H32N6O3S. The fourth-order valence-corrected chi connectivity index (χ4v) is 6.31. The molecule has 1 aliphatic heterocycles. The quantitative estimate of drug-likeness (QED) is 0.211. The van der Waals surface area contributed by atoms with Gasteiger partial charge in [-0.1, -0.05) is 48.5 Å². The number of amides is 2. The molecule has 1 aliphatic rings. The molecule has 1 fully saturated rings. The fraction of sp³-hybridized carbons (Fsp3) is 0.167. The largest absolute Gasteiger partial charge is 0.497 e. The second-order valence-electron chi connectivity index (χ2n) is 11.0. The third kappa shape index (κ3) is 5.94.